The summed E-state index contributed by atoms with van der Waals surface area (Å²) in [5.74, 6) is -0.233. The zero-order valence-corrected chi connectivity index (χ0v) is 22.6. The molecular formula is C24H31Cl2N3O5S. The number of unbranched alkanes of at least 4 members (excludes halogenated alkanes) is 1. The summed E-state index contributed by atoms with van der Waals surface area (Å²) in [6, 6.07) is 10.6. The fourth-order valence-corrected chi connectivity index (χ4v) is 4.75. The Bertz CT molecular complexity index is 1130. The van der Waals surface area contributed by atoms with Gasteiger partial charge in [0, 0.05) is 18.1 Å². The minimum Gasteiger partial charge on any atom is -0.497 e. The Morgan fingerprint density at radius 3 is 2.31 bits per heavy atom. The molecule has 2 aromatic carbocycles. The summed E-state index contributed by atoms with van der Waals surface area (Å²) in [5.41, 5.74) is 0.874. The minimum absolute atomic E-state index is 0.0859. The average Bonchev–Trinajstić information content (AvgIpc) is 2.80. The molecule has 2 aromatic rings. The lowest BCUT2D eigenvalue weighted by Crippen LogP contribution is -2.51. The van der Waals surface area contributed by atoms with Crippen molar-refractivity contribution in [2.75, 3.05) is 30.8 Å². The van der Waals surface area contributed by atoms with Crippen LogP contribution in [-0.2, 0) is 26.2 Å². The van der Waals surface area contributed by atoms with E-state index in [4.69, 9.17) is 27.9 Å². The Balaban J connectivity index is 2.37. The number of amides is 2. The van der Waals surface area contributed by atoms with Crippen LogP contribution in [0, 0.1) is 0 Å². The van der Waals surface area contributed by atoms with Crippen molar-refractivity contribution in [2.24, 2.45) is 0 Å². The molecule has 1 atom stereocenters. The summed E-state index contributed by atoms with van der Waals surface area (Å²) in [7, 11) is -2.34. The van der Waals surface area contributed by atoms with Gasteiger partial charge in [0.1, 0.15) is 18.3 Å². The van der Waals surface area contributed by atoms with E-state index in [2.05, 4.69) is 5.32 Å². The molecule has 0 saturated heterocycles. The smallest absolute Gasteiger partial charge is 0.244 e. The van der Waals surface area contributed by atoms with Crippen molar-refractivity contribution >= 4 is 50.7 Å². The normalized spacial score (nSPS) is 12.1. The maximum atomic E-state index is 13.5. The van der Waals surface area contributed by atoms with Crippen molar-refractivity contribution in [3.05, 3.63) is 58.1 Å². The fourth-order valence-electron chi connectivity index (χ4n) is 3.32. The number of hydrogen-bond donors (Lipinski definition) is 1. The summed E-state index contributed by atoms with van der Waals surface area (Å²) in [6.07, 6.45) is 2.70. The van der Waals surface area contributed by atoms with E-state index in [0.29, 0.717) is 17.3 Å². The molecule has 0 radical (unpaired) electrons. The maximum Gasteiger partial charge on any atom is 0.244 e. The largest absolute Gasteiger partial charge is 0.497 e. The van der Waals surface area contributed by atoms with Crippen molar-refractivity contribution < 1.29 is 22.7 Å². The number of carbonyl (C=O) groups is 2. The highest BCUT2D eigenvalue weighted by Gasteiger charge is 2.30. The van der Waals surface area contributed by atoms with Crippen LogP contribution in [0.1, 0.15) is 32.3 Å². The highest BCUT2D eigenvalue weighted by molar-refractivity contribution is 7.92. The predicted octanol–water partition coefficient (Wildman–Crippen LogP) is 4.10. The van der Waals surface area contributed by atoms with Crippen LogP contribution in [0.5, 0.6) is 5.75 Å². The van der Waals surface area contributed by atoms with E-state index in [1.807, 2.05) is 6.92 Å². The standard InChI is InChI=1S/C24H31Cl2N3O5S/c1-5-6-13-27-24(31)17(2)28(15-18-7-10-20(34-3)11-8-18)23(30)16-29(35(4,32)33)22-12-9-19(25)14-21(22)26/h7-12,14,17H,5-6,13,15-16H2,1-4H3,(H,27,31)/t17-/m0/s1. The molecule has 11 heteroatoms. The summed E-state index contributed by atoms with van der Waals surface area (Å²) in [6.45, 7) is 3.67. The van der Waals surface area contributed by atoms with E-state index in [0.717, 1.165) is 29.0 Å². The van der Waals surface area contributed by atoms with Crippen molar-refractivity contribution in [2.45, 2.75) is 39.3 Å². The number of sulfonamides is 1. The molecule has 0 saturated carbocycles. The van der Waals surface area contributed by atoms with E-state index in [-0.39, 0.29) is 23.2 Å². The molecule has 0 fully saturated rings. The van der Waals surface area contributed by atoms with Gasteiger partial charge in [0.25, 0.3) is 0 Å². The number of nitrogens with zero attached hydrogens (tertiary/aromatic N) is 2. The van der Waals surface area contributed by atoms with Crippen LogP contribution in [0.2, 0.25) is 10.0 Å². The number of hydrogen-bond acceptors (Lipinski definition) is 5. The Morgan fingerprint density at radius 2 is 1.77 bits per heavy atom. The van der Waals surface area contributed by atoms with Crippen molar-refractivity contribution in [1.29, 1.82) is 0 Å². The second-order valence-corrected chi connectivity index (χ2v) is 10.8. The third kappa shape index (κ3) is 8.30. The number of carbonyl (C=O) groups excluding carboxylic acids is 2. The van der Waals surface area contributed by atoms with Crippen LogP contribution < -0.4 is 14.4 Å². The van der Waals surface area contributed by atoms with Gasteiger partial charge in [-0.15, -0.1) is 0 Å². The molecule has 192 valence electrons. The molecule has 35 heavy (non-hydrogen) atoms. The van der Waals surface area contributed by atoms with E-state index in [9.17, 15) is 18.0 Å². The molecule has 1 N–H and O–H groups in total. The number of benzene rings is 2. The van der Waals surface area contributed by atoms with Crippen LogP contribution in [0.3, 0.4) is 0 Å². The second-order valence-electron chi connectivity index (χ2n) is 8.06. The lowest BCUT2D eigenvalue weighted by molar-refractivity contribution is -0.139. The van der Waals surface area contributed by atoms with E-state index >= 15 is 0 Å². The molecule has 0 bridgehead atoms. The van der Waals surface area contributed by atoms with Crippen LogP contribution >= 0.6 is 23.2 Å². The number of rotatable bonds is 12. The molecule has 0 heterocycles. The monoisotopic (exact) mass is 543 g/mol. The Morgan fingerprint density at radius 1 is 1.11 bits per heavy atom. The van der Waals surface area contributed by atoms with Gasteiger partial charge in [0.05, 0.1) is 24.1 Å². The van der Waals surface area contributed by atoms with Gasteiger partial charge in [0.2, 0.25) is 21.8 Å². The minimum atomic E-state index is -3.89. The van der Waals surface area contributed by atoms with Crippen molar-refractivity contribution in [3.8, 4) is 5.75 Å². The third-order valence-corrected chi connectivity index (χ3v) is 7.03. The zero-order chi connectivity index (χ0) is 26.2. The zero-order valence-electron chi connectivity index (χ0n) is 20.3. The van der Waals surface area contributed by atoms with Gasteiger partial charge in [-0.2, -0.15) is 0 Å². The quantitative estimate of drug-likeness (QED) is 0.406. The third-order valence-electron chi connectivity index (χ3n) is 5.37. The molecule has 0 aliphatic rings. The molecule has 0 aromatic heterocycles. The topological polar surface area (TPSA) is 96.0 Å². The van der Waals surface area contributed by atoms with Gasteiger partial charge in [-0.3, -0.25) is 13.9 Å². The van der Waals surface area contributed by atoms with Gasteiger partial charge in [-0.25, -0.2) is 8.42 Å². The molecule has 0 aliphatic carbocycles. The number of nitrogens with one attached hydrogen (secondary N) is 1. The van der Waals surface area contributed by atoms with Gasteiger partial charge in [-0.1, -0.05) is 48.7 Å². The van der Waals surface area contributed by atoms with Crippen LogP contribution in [0.25, 0.3) is 0 Å². The molecule has 2 amide bonds. The Hall–Kier alpha value is -2.49. The molecular weight excluding hydrogens is 513 g/mol. The number of anilines is 1. The van der Waals surface area contributed by atoms with Gasteiger partial charge >= 0.3 is 0 Å². The summed E-state index contributed by atoms with van der Waals surface area (Å²) in [4.78, 5) is 27.7. The van der Waals surface area contributed by atoms with E-state index < -0.39 is 28.5 Å². The SMILES string of the molecule is CCCCNC(=O)[C@H](C)N(Cc1ccc(OC)cc1)C(=O)CN(c1ccc(Cl)cc1Cl)S(C)(=O)=O. The molecule has 8 nitrogen and oxygen atoms in total. The molecule has 0 unspecified atom stereocenters. The first-order chi connectivity index (χ1) is 16.5. The highest BCUT2D eigenvalue weighted by Crippen LogP contribution is 2.30. The average molecular weight is 545 g/mol. The Labute approximate surface area is 217 Å². The lowest BCUT2D eigenvalue weighted by atomic mass is 10.1. The second kappa shape index (κ2) is 13.0. The van der Waals surface area contributed by atoms with Gasteiger partial charge in [0.15, 0.2) is 0 Å². The summed E-state index contributed by atoms with van der Waals surface area (Å²) in [5, 5.41) is 3.25. The summed E-state index contributed by atoms with van der Waals surface area (Å²) < 4.78 is 31.3. The van der Waals surface area contributed by atoms with Crippen molar-refractivity contribution in [1.82, 2.24) is 10.2 Å². The maximum absolute atomic E-state index is 13.5. The first-order valence-corrected chi connectivity index (χ1v) is 13.7. The highest BCUT2D eigenvalue weighted by atomic mass is 35.5. The molecule has 0 aliphatic heterocycles. The summed E-state index contributed by atoms with van der Waals surface area (Å²) >= 11 is 12.2. The molecule has 2 rings (SSSR count). The van der Waals surface area contributed by atoms with E-state index in [1.165, 1.54) is 23.1 Å². The fraction of sp³-hybridized carbons (Fsp3) is 0.417. The number of ether oxygens (including phenoxy) is 1. The molecule has 0 spiro atoms. The van der Waals surface area contributed by atoms with Gasteiger partial charge < -0.3 is 15.0 Å². The first kappa shape index (κ1) is 28.7. The van der Waals surface area contributed by atoms with Crippen LogP contribution in [-0.4, -0.2) is 57.6 Å². The van der Waals surface area contributed by atoms with Crippen LogP contribution in [0.15, 0.2) is 42.5 Å². The lowest BCUT2D eigenvalue weighted by Gasteiger charge is -2.31. The number of methoxy groups -OCH3 is 1. The van der Waals surface area contributed by atoms with Gasteiger partial charge in [-0.05, 0) is 49.2 Å². The van der Waals surface area contributed by atoms with Crippen molar-refractivity contribution in [3.63, 3.8) is 0 Å². The predicted molar refractivity (Wildman–Crippen MR) is 140 cm³/mol. The number of halogens is 2. The van der Waals surface area contributed by atoms with Crippen LogP contribution in [0.4, 0.5) is 5.69 Å². The Kier molecular flexibility index (Phi) is 10.7. The first-order valence-electron chi connectivity index (χ1n) is 11.1. The van der Waals surface area contributed by atoms with E-state index in [1.54, 1.807) is 38.3 Å².